The van der Waals surface area contributed by atoms with Crippen molar-refractivity contribution in [2.45, 2.75) is 12.5 Å². The topological polar surface area (TPSA) is 13.0 Å². The van der Waals surface area contributed by atoms with Gasteiger partial charge in [0.15, 0.2) is 0 Å². The van der Waals surface area contributed by atoms with Crippen molar-refractivity contribution in [1.82, 2.24) is 0 Å². The molecule has 0 N–H and O–H groups in total. The molecule has 0 bridgehead atoms. The van der Waals surface area contributed by atoms with Crippen LogP contribution in [-0.2, 0) is 0 Å². The Morgan fingerprint density at radius 2 is 0.474 bits per heavy atom. The van der Waals surface area contributed by atoms with Crippen molar-refractivity contribution < 1.29 is 0 Å². The molecule has 78 heavy (non-hydrogen) atoms. The molecule has 0 amide bonds. The van der Waals surface area contributed by atoms with Crippen LogP contribution in [0.4, 0.5) is 62.6 Å². The van der Waals surface area contributed by atoms with Crippen LogP contribution < -0.4 is 19.6 Å². The van der Waals surface area contributed by atoms with Crippen molar-refractivity contribution in [3.63, 3.8) is 0 Å². The zero-order valence-electron chi connectivity index (χ0n) is 43.3. The molecule has 1 unspecified atom stereocenters. The summed E-state index contributed by atoms with van der Waals surface area (Å²) >= 11 is 0. The second-order valence-electron chi connectivity index (χ2n) is 19.3. The third kappa shape index (κ3) is 10.6. The minimum absolute atomic E-state index is 0.0819. The Morgan fingerprint density at radius 3 is 0.718 bits per heavy atom. The molecule has 12 rings (SSSR count). The van der Waals surface area contributed by atoms with E-state index in [-0.39, 0.29) is 6.04 Å². The summed E-state index contributed by atoms with van der Waals surface area (Å²) in [6.45, 7) is 0. The van der Waals surface area contributed by atoms with Gasteiger partial charge in [-0.3, -0.25) is 0 Å². The van der Waals surface area contributed by atoms with Gasteiger partial charge in [-0.25, -0.2) is 0 Å². The lowest BCUT2D eigenvalue weighted by atomic mass is 9.83. The fraction of sp³-hybridized carbons (Fsp3) is 0.0270. The number of para-hydroxylation sites is 8. The lowest BCUT2D eigenvalue weighted by Crippen LogP contribution is -2.30. The van der Waals surface area contributed by atoms with Crippen LogP contribution in [0.3, 0.4) is 0 Å². The average Bonchev–Trinajstić information content (AvgIpc) is 3.57. The van der Waals surface area contributed by atoms with E-state index in [1.807, 2.05) is 0 Å². The summed E-state index contributed by atoms with van der Waals surface area (Å²) < 4.78 is 0. The smallest absolute Gasteiger partial charge is 0.0560 e. The minimum atomic E-state index is 0.0819. The van der Waals surface area contributed by atoms with Gasteiger partial charge >= 0.3 is 0 Å². The SMILES string of the molecule is C1=CC(N(c2ccccc2)c2ccccc2)CC=C1C(=C(c1ccc(N(c2ccccc2)c2ccccc2)cc1)c1ccc(N(c2ccccc2)c2ccccc2)cc1)c1ccc(N(c2ccccc2)c2ccccc2)cc1. The standard InChI is InChI=1S/C74H58N4/c1-9-25-61(26-10-1)75(62-27-11-2-12-28-62)69-49-41-57(42-50-69)73(58-43-51-70(52-44-58)76(63-29-13-3-14-30-63)64-31-15-4-16-32-64)74(59-45-53-71(54-46-59)77(65-33-17-5-18-34-65)66-35-19-6-20-36-66)60-47-55-72(56-48-60)78(67-37-21-7-22-38-67)68-39-23-8-24-40-68/h1-55,72H,56H2. The zero-order valence-corrected chi connectivity index (χ0v) is 43.3. The molecule has 1 atom stereocenters. The van der Waals surface area contributed by atoms with Gasteiger partial charge in [0.1, 0.15) is 0 Å². The molecule has 0 aromatic heterocycles. The summed E-state index contributed by atoms with van der Waals surface area (Å²) in [5, 5.41) is 0. The third-order valence-electron chi connectivity index (χ3n) is 14.3. The lowest BCUT2D eigenvalue weighted by molar-refractivity contribution is 0.782. The number of rotatable bonds is 16. The summed E-state index contributed by atoms with van der Waals surface area (Å²) in [6.07, 6.45) is 8.01. The van der Waals surface area contributed by atoms with Crippen LogP contribution >= 0.6 is 0 Å². The highest BCUT2D eigenvalue weighted by Gasteiger charge is 2.25. The van der Waals surface area contributed by atoms with Crippen LogP contribution in [0.1, 0.15) is 23.1 Å². The van der Waals surface area contributed by atoms with Crippen molar-refractivity contribution in [1.29, 1.82) is 0 Å². The van der Waals surface area contributed by atoms with E-state index in [0.717, 1.165) is 102 Å². The Bertz CT molecular complexity index is 3470. The Morgan fingerprint density at radius 1 is 0.244 bits per heavy atom. The second-order valence-corrected chi connectivity index (χ2v) is 19.3. The summed E-state index contributed by atoms with van der Waals surface area (Å²) in [6, 6.07) is 113. The number of allylic oxidation sites excluding steroid dienone is 3. The predicted octanol–water partition coefficient (Wildman–Crippen LogP) is 20.1. The van der Waals surface area contributed by atoms with E-state index in [9.17, 15) is 0 Å². The van der Waals surface area contributed by atoms with E-state index in [0.29, 0.717) is 0 Å². The first kappa shape index (κ1) is 48.8. The van der Waals surface area contributed by atoms with E-state index in [4.69, 9.17) is 0 Å². The molecular formula is C74H58N4. The first-order chi connectivity index (χ1) is 38.7. The van der Waals surface area contributed by atoms with E-state index < -0.39 is 0 Å². The van der Waals surface area contributed by atoms with Crippen molar-refractivity contribution >= 4 is 73.7 Å². The van der Waals surface area contributed by atoms with Gasteiger partial charge in [-0.2, -0.15) is 0 Å². The zero-order chi connectivity index (χ0) is 52.3. The number of nitrogens with zero attached hydrogens (tertiary/aromatic N) is 4. The maximum atomic E-state index is 2.46. The molecule has 11 aromatic carbocycles. The first-order valence-corrected chi connectivity index (χ1v) is 26.8. The van der Waals surface area contributed by atoms with Crippen molar-refractivity contribution in [2.24, 2.45) is 0 Å². The van der Waals surface area contributed by atoms with Gasteiger partial charge in [0.05, 0.1) is 6.04 Å². The average molecular weight is 1000 g/mol. The molecule has 0 fully saturated rings. The predicted molar refractivity (Wildman–Crippen MR) is 330 cm³/mol. The summed E-state index contributed by atoms with van der Waals surface area (Å²) in [5.74, 6) is 0. The quantitative estimate of drug-likeness (QED) is 0.0894. The van der Waals surface area contributed by atoms with Gasteiger partial charge in [-0.1, -0.05) is 200 Å². The van der Waals surface area contributed by atoms with Crippen LogP contribution in [0.15, 0.2) is 339 Å². The van der Waals surface area contributed by atoms with E-state index in [2.05, 4.69) is 353 Å². The Hall–Kier alpha value is -10.2. The van der Waals surface area contributed by atoms with Gasteiger partial charge in [0.2, 0.25) is 0 Å². The Labute approximate surface area is 459 Å². The Balaban J connectivity index is 1.05. The summed E-state index contributed by atoms with van der Waals surface area (Å²) in [7, 11) is 0. The molecule has 0 saturated heterocycles. The molecule has 0 heterocycles. The van der Waals surface area contributed by atoms with Crippen LogP contribution in [0.2, 0.25) is 0 Å². The van der Waals surface area contributed by atoms with Gasteiger partial charge in [0, 0.05) is 62.6 Å². The first-order valence-electron chi connectivity index (χ1n) is 26.8. The lowest BCUT2D eigenvalue weighted by Gasteiger charge is -2.33. The fourth-order valence-electron chi connectivity index (χ4n) is 10.7. The fourth-order valence-corrected chi connectivity index (χ4v) is 10.7. The maximum absolute atomic E-state index is 2.46. The van der Waals surface area contributed by atoms with Crippen LogP contribution in [0, 0.1) is 0 Å². The molecule has 0 saturated carbocycles. The second kappa shape index (κ2) is 23.2. The van der Waals surface area contributed by atoms with E-state index in [1.54, 1.807) is 0 Å². The highest BCUT2D eigenvalue weighted by atomic mass is 15.2. The van der Waals surface area contributed by atoms with Gasteiger partial charge in [0.25, 0.3) is 0 Å². The molecule has 374 valence electrons. The van der Waals surface area contributed by atoms with Crippen LogP contribution in [0.5, 0.6) is 0 Å². The van der Waals surface area contributed by atoms with Crippen molar-refractivity contribution in [2.75, 3.05) is 19.6 Å². The number of benzene rings is 11. The van der Waals surface area contributed by atoms with Crippen molar-refractivity contribution in [3.05, 3.63) is 356 Å². The number of hydrogen-bond donors (Lipinski definition) is 0. The molecule has 0 spiro atoms. The maximum Gasteiger partial charge on any atom is 0.0560 e. The third-order valence-corrected chi connectivity index (χ3v) is 14.3. The summed E-state index contributed by atoms with van der Waals surface area (Å²) in [4.78, 5) is 9.44. The van der Waals surface area contributed by atoms with E-state index >= 15 is 0 Å². The van der Waals surface area contributed by atoms with Gasteiger partial charge in [-0.05, 0) is 173 Å². The molecular weight excluding hydrogens is 945 g/mol. The number of hydrogen-bond acceptors (Lipinski definition) is 4. The highest BCUT2D eigenvalue weighted by Crippen LogP contribution is 2.45. The monoisotopic (exact) mass is 1000 g/mol. The normalized spacial score (nSPS) is 12.7. The van der Waals surface area contributed by atoms with Gasteiger partial charge < -0.3 is 19.6 Å². The molecule has 1 aliphatic rings. The molecule has 4 heteroatoms. The van der Waals surface area contributed by atoms with Gasteiger partial charge in [-0.15, -0.1) is 0 Å². The van der Waals surface area contributed by atoms with Crippen LogP contribution in [-0.4, -0.2) is 6.04 Å². The molecule has 11 aromatic rings. The van der Waals surface area contributed by atoms with Crippen LogP contribution in [0.25, 0.3) is 11.1 Å². The summed E-state index contributed by atoms with van der Waals surface area (Å²) in [5.41, 5.74) is 18.9. The Kier molecular flexibility index (Phi) is 14.5. The molecule has 0 radical (unpaired) electrons. The minimum Gasteiger partial charge on any atom is -0.334 e. The molecule has 0 aliphatic heterocycles. The molecule has 1 aliphatic carbocycles. The highest BCUT2D eigenvalue weighted by molar-refractivity contribution is 6.06. The number of anilines is 11. The largest absolute Gasteiger partial charge is 0.334 e. The van der Waals surface area contributed by atoms with Crippen molar-refractivity contribution in [3.8, 4) is 0 Å². The van der Waals surface area contributed by atoms with E-state index in [1.165, 1.54) is 0 Å². The molecule has 4 nitrogen and oxygen atoms in total.